The molecular weight excluding hydrogens is 406 g/mol. The van der Waals surface area contributed by atoms with E-state index in [9.17, 15) is 9.59 Å². The molecule has 1 aromatic carbocycles. The molecule has 1 heterocycles. The molecule has 0 spiro atoms. The fourth-order valence-corrected chi connectivity index (χ4v) is 5.73. The second-order valence-corrected chi connectivity index (χ2v) is 9.39. The Morgan fingerprint density at radius 1 is 0.906 bits per heavy atom. The van der Waals surface area contributed by atoms with Gasteiger partial charge in [-0.3, -0.25) is 14.5 Å². The van der Waals surface area contributed by atoms with E-state index >= 15 is 0 Å². The molecule has 176 valence electrons. The Morgan fingerprint density at radius 2 is 1.53 bits per heavy atom. The van der Waals surface area contributed by atoms with Gasteiger partial charge in [-0.15, -0.1) is 0 Å². The normalized spacial score (nSPS) is 21.5. The summed E-state index contributed by atoms with van der Waals surface area (Å²) in [6, 6.07) is 5.31. The number of ether oxygens (including phenoxy) is 2. The first kappa shape index (κ1) is 22.9. The van der Waals surface area contributed by atoms with Gasteiger partial charge in [-0.1, -0.05) is 25.7 Å². The Kier molecular flexibility index (Phi) is 7.55. The Bertz CT molecular complexity index is 794. The van der Waals surface area contributed by atoms with Crippen molar-refractivity contribution in [1.82, 2.24) is 9.80 Å². The molecule has 2 amide bonds. The SMILES string of the molecule is COc1ccc(NC(=O)C(C2CCCC2)N2CCN(C(=O)C3CCCC3)CC2)cc1OC. The van der Waals surface area contributed by atoms with Crippen LogP contribution in [-0.4, -0.2) is 68.1 Å². The molecule has 1 aromatic rings. The fourth-order valence-electron chi connectivity index (χ4n) is 5.73. The van der Waals surface area contributed by atoms with E-state index in [4.69, 9.17) is 9.47 Å². The molecule has 1 unspecified atom stereocenters. The Hall–Kier alpha value is -2.28. The summed E-state index contributed by atoms with van der Waals surface area (Å²) < 4.78 is 10.7. The summed E-state index contributed by atoms with van der Waals surface area (Å²) in [6.07, 6.45) is 8.98. The third kappa shape index (κ3) is 5.03. The summed E-state index contributed by atoms with van der Waals surface area (Å²) in [5.41, 5.74) is 0.714. The van der Waals surface area contributed by atoms with Crippen LogP contribution in [0.15, 0.2) is 18.2 Å². The fraction of sp³-hybridized carbons (Fsp3) is 0.680. The molecule has 1 N–H and O–H groups in total. The summed E-state index contributed by atoms with van der Waals surface area (Å²) in [5.74, 6) is 2.20. The first-order chi connectivity index (χ1) is 15.6. The second-order valence-electron chi connectivity index (χ2n) is 9.39. The van der Waals surface area contributed by atoms with Crippen LogP contribution in [0.25, 0.3) is 0 Å². The predicted molar refractivity (Wildman–Crippen MR) is 124 cm³/mol. The maximum Gasteiger partial charge on any atom is 0.242 e. The number of benzene rings is 1. The van der Waals surface area contributed by atoms with Crippen LogP contribution < -0.4 is 14.8 Å². The molecular formula is C25H37N3O4. The van der Waals surface area contributed by atoms with Crippen molar-refractivity contribution < 1.29 is 19.1 Å². The molecule has 7 nitrogen and oxygen atoms in total. The Balaban J connectivity index is 1.42. The van der Waals surface area contributed by atoms with Gasteiger partial charge in [0.05, 0.1) is 20.3 Å². The number of methoxy groups -OCH3 is 2. The number of carbonyl (C=O) groups is 2. The molecule has 3 aliphatic rings. The van der Waals surface area contributed by atoms with Crippen LogP contribution in [0.2, 0.25) is 0 Å². The lowest BCUT2D eigenvalue weighted by atomic mass is 9.94. The highest BCUT2D eigenvalue weighted by molar-refractivity contribution is 5.95. The number of amides is 2. The highest BCUT2D eigenvalue weighted by Crippen LogP contribution is 2.34. The van der Waals surface area contributed by atoms with E-state index in [-0.39, 0.29) is 17.9 Å². The average molecular weight is 444 g/mol. The summed E-state index contributed by atoms with van der Waals surface area (Å²) in [6.45, 7) is 2.97. The number of anilines is 1. The molecule has 0 radical (unpaired) electrons. The topological polar surface area (TPSA) is 71.1 Å². The van der Waals surface area contributed by atoms with E-state index in [0.29, 0.717) is 29.0 Å². The zero-order chi connectivity index (χ0) is 22.5. The van der Waals surface area contributed by atoms with E-state index in [0.717, 1.165) is 51.9 Å². The van der Waals surface area contributed by atoms with Crippen LogP contribution in [0.3, 0.4) is 0 Å². The van der Waals surface area contributed by atoms with E-state index < -0.39 is 0 Å². The Labute approximate surface area is 191 Å². The van der Waals surface area contributed by atoms with Crippen LogP contribution in [0.4, 0.5) is 5.69 Å². The molecule has 1 aliphatic heterocycles. The molecule has 4 rings (SSSR count). The zero-order valence-electron chi connectivity index (χ0n) is 19.5. The highest BCUT2D eigenvalue weighted by atomic mass is 16.5. The lowest BCUT2D eigenvalue weighted by Crippen LogP contribution is -2.57. The van der Waals surface area contributed by atoms with Crippen molar-refractivity contribution in [2.45, 2.75) is 57.4 Å². The van der Waals surface area contributed by atoms with Gasteiger partial charge >= 0.3 is 0 Å². The number of nitrogens with one attached hydrogen (secondary N) is 1. The van der Waals surface area contributed by atoms with E-state index in [2.05, 4.69) is 10.2 Å². The second kappa shape index (κ2) is 10.6. The third-order valence-electron chi connectivity index (χ3n) is 7.49. The van der Waals surface area contributed by atoms with Crippen molar-refractivity contribution in [2.75, 3.05) is 45.7 Å². The number of piperazine rings is 1. The number of carbonyl (C=O) groups excluding carboxylic acids is 2. The number of nitrogens with zero attached hydrogens (tertiary/aromatic N) is 2. The van der Waals surface area contributed by atoms with Crippen molar-refractivity contribution in [3.8, 4) is 11.5 Å². The van der Waals surface area contributed by atoms with Crippen molar-refractivity contribution in [1.29, 1.82) is 0 Å². The van der Waals surface area contributed by atoms with Gasteiger partial charge in [0.1, 0.15) is 0 Å². The van der Waals surface area contributed by atoms with Crippen LogP contribution in [0.1, 0.15) is 51.4 Å². The van der Waals surface area contributed by atoms with Crippen LogP contribution in [0.5, 0.6) is 11.5 Å². The quantitative estimate of drug-likeness (QED) is 0.698. The molecule has 1 atom stereocenters. The maximum atomic E-state index is 13.5. The largest absolute Gasteiger partial charge is 0.493 e. The van der Waals surface area contributed by atoms with E-state index in [1.54, 1.807) is 20.3 Å². The smallest absolute Gasteiger partial charge is 0.242 e. The van der Waals surface area contributed by atoms with E-state index in [1.165, 1.54) is 25.7 Å². The first-order valence-electron chi connectivity index (χ1n) is 12.2. The number of hydrogen-bond acceptors (Lipinski definition) is 5. The van der Waals surface area contributed by atoms with Crippen molar-refractivity contribution >= 4 is 17.5 Å². The Morgan fingerprint density at radius 3 is 2.16 bits per heavy atom. The number of rotatable bonds is 7. The van der Waals surface area contributed by atoms with Crippen LogP contribution in [-0.2, 0) is 9.59 Å². The summed E-state index contributed by atoms with van der Waals surface area (Å²) in [7, 11) is 3.19. The summed E-state index contributed by atoms with van der Waals surface area (Å²) in [5, 5.41) is 3.12. The van der Waals surface area contributed by atoms with Gasteiger partial charge in [-0.25, -0.2) is 0 Å². The lowest BCUT2D eigenvalue weighted by molar-refractivity contribution is -0.138. The molecule has 0 aromatic heterocycles. The molecule has 0 bridgehead atoms. The van der Waals surface area contributed by atoms with Crippen molar-refractivity contribution in [3.63, 3.8) is 0 Å². The van der Waals surface area contributed by atoms with Gasteiger partial charge in [0, 0.05) is 43.9 Å². The minimum absolute atomic E-state index is 0.0414. The number of hydrogen-bond donors (Lipinski definition) is 1. The molecule has 3 fully saturated rings. The van der Waals surface area contributed by atoms with Gasteiger partial charge < -0.3 is 19.7 Å². The van der Waals surface area contributed by atoms with Gasteiger partial charge in [-0.2, -0.15) is 0 Å². The predicted octanol–water partition coefficient (Wildman–Crippen LogP) is 3.54. The van der Waals surface area contributed by atoms with E-state index in [1.807, 2.05) is 17.0 Å². The molecule has 1 saturated heterocycles. The minimum atomic E-state index is -0.158. The molecule has 2 aliphatic carbocycles. The van der Waals surface area contributed by atoms with Gasteiger partial charge in [0.2, 0.25) is 11.8 Å². The van der Waals surface area contributed by atoms with Crippen LogP contribution >= 0.6 is 0 Å². The minimum Gasteiger partial charge on any atom is -0.493 e. The standard InChI is InChI=1S/C25H37N3O4/c1-31-21-12-11-20(17-22(21)32-2)26-24(29)23(18-7-3-4-8-18)27-13-15-28(16-14-27)25(30)19-9-5-6-10-19/h11-12,17-19,23H,3-10,13-16H2,1-2H3,(H,26,29). The lowest BCUT2D eigenvalue weighted by Gasteiger charge is -2.41. The highest BCUT2D eigenvalue weighted by Gasteiger charge is 2.38. The third-order valence-corrected chi connectivity index (χ3v) is 7.49. The maximum absolute atomic E-state index is 13.5. The van der Waals surface area contributed by atoms with Crippen molar-refractivity contribution in [3.05, 3.63) is 18.2 Å². The van der Waals surface area contributed by atoms with Crippen molar-refractivity contribution in [2.24, 2.45) is 11.8 Å². The summed E-state index contributed by atoms with van der Waals surface area (Å²) >= 11 is 0. The van der Waals surface area contributed by atoms with Gasteiger partial charge in [-0.05, 0) is 43.7 Å². The van der Waals surface area contributed by atoms with Gasteiger partial charge in [0.15, 0.2) is 11.5 Å². The van der Waals surface area contributed by atoms with Crippen LogP contribution in [0, 0.1) is 11.8 Å². The average Bonchev–Trinajstić information content (AvgIpc) is 3.54. The monoisotopic (exact) mass is 443 g/mol. The van der Waals surface area contributed by atoms with Gasteiger partial charge in [0.25, 0.3) is 0 Å². The molecule has 7 heteroatoms. The summed E-state index contributed by atoms with van der Waals surface area (Å²) in [4.78, 5) is 30.6. The molecule has 2 saturated carbocycles. The molecule has 32 heavy (non-hydrogen) atoms. The first-order valence-corrected chi connectivity index (χ1v) is 12.2. The zero-order valence-corrected chi connectivity index (χ0v) is 19.5.